The van der Waals surface area contributed by atoms with Gasteiger partial charge in [-0.1, -0.05) is 12.1 Å². The van der Waals surface area contributed by atoms with E-state index < -0.39 is 0 Å². The summed E-state index contributed by atoms with van der Waals surface area (Å²) in [6, 6.07) is 13.5. The molecule has 0 saturated carbocycles. The molecule has 1 aromatic carbocycles. The van der Waals surface area contributed by atoms with E-state index in [0.29, 0.717) is 6.04 Å². The molecule has 0 bridgehead atoms. The van der Waals surface area contributed by atoms with Crippen molar-refractivity contribution in [1.29, 1.82) is 0 Å². The Morgan fingerprint density at radius 3 is 2.67 bits per heavy atom. The SMILES string of the molecule is c1cncc(CN(c2ccc3cnccc3c2)C2CCNCC2)c1. The second-order valence-electron chi connectivity index (χ2n) is 6.38. The van der Waals surface area contributed by atoms with Crippen molar-refractivity contribution in [3.8, 4) is 0 Å². The predicted molar refractivity (Wildman–Crippen MR) is 98.1 cm³/mol. The molecule has 0 spiro atoms. The molecule has 4 rings (SSSR count). The molecular formula is C20H22N4. The van der Waals surface area contributed by atoms with Crippen molar-refractivity contribution in [2.45, 2.75) is 25.4 Å². The number of rotatable bonds is 4. The fourth-order valence-electron chi connectivity index (χ4n) is 3.49. The zero-order valence-corrected chi connectivity index (χ0v) is 13.7. The van der Waals surface area contributed by atoms with Gasteiger partial charge in [0.2, 0.25) is 0 Å². The fraction of sp³-hybridized carbons (Fsp3) is 0.300. The van der Waals surface area contributed by atoms with Crippen molar-refractivity contribution in [3.05, 3.63) is 66.7 Å². The predicted octanol–water partition coefficient (Wildman–Crippen LogP) is 3.39. The molecule has 1 N–H and O–H groups in total. The van der Waals surface area contributed by atoms with Crippen molar-refractivity contribution in [2.24, 2.45) is 0 Å². The Kier molecular flexibility index (Phi) is 4.38. The molecule has 1 saturated heterocycles. The minimum absolute atomic E-state index is 0.561. The molecule has 0 radical (unpaired) electrons. The van der Waals surface area contributed by atoms with Crippen LogP contribution in [0.3, 0.4) is 0 Å². The van der Waals surface area contributed by atoms with Crippen molar-refractivity contribution in [2.75, 3.05) is 18.0 Å². The van der Waals surface area contributed by atoms with E-state index in [0.717, 1.165) is 19.6 Å². The van der Waals surface area contributed by atoms with Gasteiger partial charge >= 0.3 is 0 Å². The van der Waals surface area contributed by atoms with Crippen LogP contribution in [0.25, 0.3) is 10.8 Å². The number of aromatic nitrogens is 2. The molecule has 1 fully saturated rings. The third kappa shape index (κ3) is 3.24. The van der Waals surface area contributed by atoms with Crippen LogP contribution in [0.15, 0.2) is 61.2 Å². The largest absolute Gasteiger partial charge is 0.364 e. The summed E-state index contributed by atoms with van der Waals surface area (Å²) in [5.41, 5.74) is 2.54. The fourth-order valence-corrected chi connectivity index (χ4v) is 3.49. The highest BCUT2D eigenvalue weighted by molar-refractivity contribution is 5.85. The molecule has 2 aromatic heterocycles. The number of hydrogen-bond acceptors (Lipinski definition) is 4. The average molecular weight is 318 g/mol. The quantitative estimate of drug-likeness (QED) is 0.800. The summed E-state index contributed by atoms with van der Waals surface area (Å²) in [7, 11) is 0. The first-order valence-electron chi connectivity index (χ1n) is 8.60. The Hall–Kier alpha value is -2.46. The van der Waals surface area contributed by atoms with Gasteiger partial charge in [-0.2, -0.15) is 0 Å². The Labute approximate surface area is 142 Å². The number of benzene rings is 1. The number of fused-ring (bicyclic) bond motifs is 1. The first kappa shape index (κ1) is 15.1. The number of pyridine rings is 2. The van der Waals surface area contributed by atoms with E-state index in [2.05, 4.69) is 50.5 Å². The van der Waals surface area contributed by atoms with Crippen molar-refractivity contribution in [3.63, 3.8) is 0 Å². The van der Waals surface area contributed by atoms with Gasteiger partial charge in [-0.25, -0.2) is 0 Å². The standard InChI is InChI=1S/C20H22N4/c1-2-16(13-22-8-1)15-24(19-6-10-21-11-7-19)20-4-3-18-14-23-9-5-17(18)12-20/h1-5,8-9,12-14,19,21H,6-7,10-11,15H2. The van der Waals surface area contributed by atoms with E-state index in [1.807, 2.05) is 30.9 Å². The number of nitrogens with one attached hydrogen (secondary N) is 1. The van der Waals surface area contributed by atoms with E-state index in [1.165, 1.54) is 34.9 Å². The first-order chi connectivity index (χ1) is 11.9. The third-order valence-corrected chi connectivity index (χ3v) is 4.78. The molecule has 24 heavy (non-hydrogen) atoms. The number of anilines is 1. The van der Waals surface area contributed by atoms with Crippen LogP contribution in [0, 0.1) is 0 Å². The number of hydrogen-bond donors (Lipinski definition) is 1. The molecule has 4 heteroatoms. The van der Waals surface area contributed by atoms with Crippen LogP contribution >= 0.6 is 0 Å². The normalized spacial score (nSPS) is 15.5. The molecule has 0 aliphatic carbocycles. The van der Waals surface area contributed by atoms with Gasteiger partial charge in [0.15, 0.2) is 0 Å². The molecule has 3 aromatic rings. The maximum Gasteiger partial charge on any atom is 0.0447 e. The van der Waals surface area contributed by atoms with Crippen molar-refractivity contribution < 1.29 is 0 Å². The zero-order valence-electron chi connectivity index (χ0n) is 13.7. The summed E-state index contributed by atoms with van der Waals surface area (Å²) >= 11 is 0. The Balaban J connectivity index is 1.69. The molecule has 0 amide bonds. The van der Waals surface area contributed by atoms with Crippen LogP contribution in [0.1, 0.15) is 18.4 Å². The Morgan fingerprint density at radius 1 is 0.958 bits per heavy atom. The van der Waals surface area contributed by atoms with Gasteiger partial charge in [-0.3, -0.25) is 9.97 Å². The van der Waals surface area contributed by atoms with Gasteiger partial charge in [-0.15, -0.1) is 0 Å². The Morgan fingerprint density at radius 2 is 1.83 bits per heavy atom. The van der Waals surface area contributed by atoms with Gasteiger partial charge in [-0.05, 0) is 61.1 Å². The second kappa shape index (κ2) is 6.97. The van der Waals surface area contributed by atoms with Gasteiger partial charge in [0.1, 0.15) is 0 Å². The van der Waals surface area contributed by atoms with E-state index in [-0.39, 0.29) is 0 Å². The summed E-state index contributed by atoms with van der Waals surface area (Å²) in [6.45, 7) is 3.08. The number of piperidine rings is 1. The lowest BCUT2D eigenvalue weighted by Crippen LogP contribution is -2.43. The highest BCUT2D eigenvalue weighted by Crippen LogP contribution is 2.27. The molecule has 3 heterocycles. The maximum absolute atomic E-state index is 4.28. The van der Waals surface area contributed by atoms with Crippen LogP contribution in [0.2, 0.25) is 0 Å². The monoisotopic (exact) mass is 318 g/mol. The molecule has 1 aliphatic rings. The first-order valence-corrected chi connectivity index (χ1v) is 8.60. The molecule has 122 valence electrons. The molecular weight excluding hydrogens is 296 g/mol. The average Bonchev–Trinajstić information content (AvgIpc) is 2.67. The van der Waals surface area contributed by atoms with E-state index in [9.17, 15) is 0 Å². The minimum Gasteiger partial charge on any atom is -0.364 e. The van der Waals surface area contributed by atoms with Gasteiger partial charge in [0.25, 0.3) is 0 Å². The highest BCUT2D eigenvalue weighted by Gasteiger charge is 2.21. The topological polar surface area (TPSA) is 41.1 Å². The molecule has 1 aliphatic heterocycles. The highest BCUT2D eigenvalue weighted by atomic mass is 15.2. The lowest BCUT2D eigenvalue weighted by molar-refractivity contribution is 0.428. The van der Waals surface area contributed by atoms with Crippen LogP contribution in [-0.2, 0) is 6.54 Å². The zero-order chi connectivity index (χ0) is 16.2. The Bertz CT molecular complexity index is 797. The molecule has 0 atom stereocenters. The van der Waals surface area contributed by atoms with Crippen LogP contribution in [0.5, 0.6) is 0 Å². The van der Waals surface area contributed by atoms with Gasteiger partial charge < -0.3 is 10.2 Å². The molecule has 0 unspecified atom stereocenters. The molecule has 4 nitrogen and oxygen atoms in total. The van der Waals surface area contributed by atoms with Crippen LogP contribution < -0.4 is 10.2 Å². The van der Waals surface area contributed by atoms with Crippen molar-refractivity contribution >= 4 is 16.5 Å². The third-order valence-electron chi connectivity index (χ3n) is 4.78. The second-order valence-corrected chi connectivity index (χ2v) is 6.38. The summed E-state index contributed by atoms with van der Waals surface area (Å²) < 4.78 is 0. The number of nitrogens with zero attached hydrogens (tertiary/aromatic N) is 3. The van der Waals surface area contributed by atoms with E-state index in [4.69, 9.17) is 0 Å². The maximum atomic E-state index is 4.28. The van der Waals surface area contributed by atoms with Crippen LogP contribution in [-0.4, -0.2) is 29.1 Å². The lowest BCUT2D eigenvalue weighted by Gasteiger charge is -2.36. The lowest BCUT2D eigenvalue weighted by atomic mass is 10.0. The summed E-state index contributed by atoms with van der Waals surface area (Å²) in [6.07, 6.45) is 9.95. The van der Waals surface area contributed by atoms with Crippen molar-refractivity contribution in [1.82, 2.24) is 15.3 Å². The summed E-state index contributed by atoms with van der Waals surface area (Å²) in [4.78, 5) is 11.0. The van der Waals surface area contributed by atoms with Gasteiger partial charge in [0.05, 0.1) is 0 Å². The van der Waals surface area contributed by atoms with Crippen LogP contribution in [0.4, 0.5) is 5.69 Å². The van der Waals surface area contributed by atoms with E-state index in [1.54, 1.807) is 0 Å². The summed E-state index contributed by atoms with van der Waals surface area (Å²) in [5, 5.41) is 5.90. The minimum atomic E-state index is 0.561. The smallest absolute Gasteiger partial charge is 0.0447 e. The summed E-state index contributed by atoms with van der Waals surface area (Å²) in [5.74, 6) is 0. The van der Waals surface area contributed by atoms with E-state index >= 15 is 0 Å². The van der Waals surface area contributed by atoms with Gasteiger partial charge in [0, 0.05) is 48.4 Å².